The number of nitrogens with one attached hydrogen (secondary N) is 1. The van der Waals surface area contributed by atoms with Gasteiger partial charge in [-0.05, 0) is 41.5 Å². The van der Waals surface area contributed by atoms with E-state index in [4.69, 9.17) is 0 Å². The van der Waals surface area contributed by atoms with Crippen molar-refractivity contribution in [3.63, 3.8) is 0 Å². The van der Waals surface area contributed by atoms with Gasteiger partial charge >= 0.3 is 0 Å². The lowest BCUT2D eigenvalue weighted by Gasteiger charge is -2.37. The van der Waals surface area contributed by atoms with Crippen LogP contribution in [0.15, 0.2) is 48.4 Å². The minimum atomic E-state index is 0.0317. The maximum Gasteiger partial charge on any atom is 0.237 e. The molecular formula is C19H22N2OS. The van der Waals surface area contributed by atoms with Gasteiger partial charge in [0.05, 0.1) is 12.6 Å². The summed E-state index contributed by atoms with van der Waals surface area (Å²) in [5, 5.41) is 5.27. The number of aryl methyl sites for hydroxylation is 1. The molecule has 1 aliphatic heterocycles. The lowest BCUT2D eigenvalue weighted by Crippen LogP contribution is -2.44. The summed E-state index contributed by atoms with van der Waals surface area (Å²) in [6, 6.07) is 10.6. The Morgan fingerprint density at radius 1 is 1.39 bits per heavy atom. The summed E-state index contributed by atoms with van der Waals surface area (Å²) in [5.41, 5.74) is 3.74. The number of carbonyl (C=O) groups excluding carboxylic acids is 1. The van der Waals surface area contributed by atoms with Gasteiger partial charge in [-0.2, -0.15) is 0 Å². The number of benzene rings is 1. The van der Waals surface area contributed by atoms with Crippen LogP contribution < -0.4 is 5.32 Å². The van der Waals surface area contributed by atoms with Crippen LogP contribution in [0.25, 0.3) is 0 Å². The van der Waals surface area contributed by atoms with Crippen molar-refractivity contribution in [2.24, 2.45) is 0 Å². The van der Waals surface area contributed by atoms with Gasteiger partial charge in [0.15, 0.2) is 0 Å². The smallest absolute Gasteiger partial charge is 0.237 e. The van der Waals surface area contributed by atoms with E-state index in [1.165, 1.54) is 21.6 Å². The molecule has 1 aromatic carbocycles. The van der Waals surface area contributed by atoms with Crippen molar-refractivity contribution in [3.05, 3.63) is 69.9 Å². The van der Waals surface area contributed by atoms with Gasteiger partial charge in [0, 0.05) is 18.0 Å². The van der Waals surface area contributed by atoms with Crippen LogP contribution in [0.4, 0.5) is 0 Å². The fourth-order valence-electron chi connectivity index (χ4n) is 3.20. The molecule has 0 spiro atoms. The number of amides is 1. The molecule has 0 aliphatic carbocycles. The maximum absolute atomic E-state index is 12.7. The van der Waals surface area contributed by atoms with Crippen LogP contribution >= 0.6 is 11.3 Å². The van der Waals surface area contributed by atoms with Crippen LogP contribution in [0.1, 0.15) is 27.6 Å². The van der Waals surface area contributed by atoms with Gasteiger partial charge in [0.2, 0.25) is 5.91 Å². The van der Waals surface area contributed by atoms with Crippen molar-refractivity contribution < 1.29 is 4.79 Å². The molecule has 0 fully saturated rings. The molecule has 1 N–H and O–H groups in total. The average molecular weight is 326 g/mol. The van der Waals surface area contributed by atoms with Crippen molar-refractivity contribution in [1.29, 1.82) is 0 Å². The monoisotopic (exact) mass is 326 g/mol. The fourth-order valence-corrected chi connectivity index (χ4v) is 4.10. The highest BCUT2D eigenvalue weighted by molar-refractivity contribution is 7.10. The standard InChI is InChI=1S/C19H22N2OS/c1-3-10-20-13-18(22)21-11-8-17-16(9-12-23-17)19(21)15-7-5-4-6-14(15)2/h3-7,9,12,19-20H,1,8,10-11,13H2,2H3/t19-/m1/s1. The molecule has 3 nitrogen and oxygen atoms in total. The van der Waals surface area contributed by atoms with E-state index in [9.17, 15) is 4.79 Å². The van der Waals surface area contributed by atoms with Gasteiger partial charge in [-0.3, -0.25) is 4.79 Å². The summed E-state index contributed by atoms with van der Waals surface area (Å²) in [7, 11) is 0. The van der Waals surface area contributed by atoms with Crippen LogP contribution in [-0.2, 0) is 11.2 Å². The molecule has 0 unspecified atom stereocenters. The van der Waals surface area contributed by atoms with Gasteiger partial charge in [-0.1, -0.05) is 30.3 Å². The Labute approximate surface area is 141 Å². The summed E-state index contributed by atoms with van der Waals surface area (Å²) in [4.78, 5) is 16.2. The second-order valence-corrected chi connectivity index (χ2v) is 6.82. The minimum absolute atomic E-state index is 0.0317. The second kappa shape index (κ2) is 7.11. The van der Waals surface area contributed by atoms with E-state index in [0.717, 1.165) is 13.0 Å². The predicted molar refractivity (Wildman–Crippen MR) is 95.8 cm³/mol. The number of hydrogen-bond acceptors (Lipinski definition) is 3. The quantitative estimate of drug-likeness (QED) is 0.675. The van der Waals surface area contributed by atoms with Gasteiger partial charge < -0.3 is 10.2 Å². The minimum Gasteiger partial charge on any atom is -0.330 e. The van der Waals surface area contributed by atoms with Crippen molar-refractivity contribution >= 4 is 17.2 Å². The van der Waals surface area contributed by atoms with E-state index in [1.807, 2.05) is 11.0 Å². The van der Waals surface area contributed by atoms with Crippen LogP contribution in [-0.4, -0.2) is 30.4 Å². The van der Waals surface area contributed by atoms with Crippen LogP contribution in [0, 0.1) is 6.92 Å². The molecule has 120 valence electrons. The first-order valence-electron chi connectivity index (χ1n) is 7.95. The first kappa shape index (κ1) is 16.0. The van der Waals surface area contributed by atoms with Gasteiger partial charge in [-0.25, -0.2) is 0 Å². The molecule has 4 heteroatoms. The Bertz CT molecular complexity index is 707. The summed E-state index contributed by atoms with van der Waals surface area (Å²) < 4.78 is 0. The SMILES string of the molecule is C=CCNCC(=O)N1CCc2sccc2[C@H]1c1ccccc1C. The molecule has 0 saturated heterocycles. The first-order valence-corrected chi connectivity index (χ1v) is 8.83. The zero-order chi connectivity index (χ0) is 16.2. The molecular weight excluding hydrogens is 304 g/mol. The highest BCUT2D eigenvalue weighted by Gasteiger charge is 2.33. The number of nitrogens with zero attached hydrogens (tertiary/aromatic N) is 1. The Morgan fingerprint density at radius 2 is 2.22 bits per heavy atom. The normalized spacial score (nSPS) is 16.9. The summed E-state index contributed by atoms with van der Waals surface area (Å²) in [6.07, 6.45) is 2.72. The van der Waals surface area contributed by atoms with E-state index < -0.39 is 0 Å². The lowest BCUT2D eigenvalue weighted by molar-refractivity contribution is -0.132. The summed E-state index contributed by atoms with van der Waals surface area (Å²) >= 11 is 1.80. The number of carbonyl (C=O) groups is 1. The van der Waals surface area contributed by atoms with Gasteiger partial charge in [0.25, 0.3) is 0 Å². The van der Waals surface area contributed by atoms with Crippen LogP contribution in [0.3, 0.4) is 0 Å². The molecule has 0 bridgehead atoms. The summed E-state index contributed by atoms with van der Waals surface area (Å²) in [5.74, 6) is 0.150. The lowest BCUT2D eigenvalue weighted by atomic mass is 9.90. The third-order valence-corrected chi connectivity index (χ3v) is 5.33. The second-order valence-electron chi connectivity index (χ2n) is 5.81. The van der Waals surface area contributed by atoms with E-state index in [-0.39, 0.29) is 11.9 Å². The Kier molecular flexibility index (Phi) is 4.94. The number of rotatable bonds is 5. The Hall–Kier alpha value is -1.91. The van der Waals surface area contributed by atoms with E-state index in [0.29, 0.717) is 13.1 Å². The van der Waals surface area contributed by atoms with Crippen LogP contribution in [0.2, 0.25) is 0 Å². The molecule has 0 saturated carbocycles. The van der Waals surface area contributed by atoms with E-state index in [1.54, 1.807) is 17.4 Å². The molecule has 0 radical (unpaired) electrons. The highest BCUT2D eigenvalue weighted by Crippen LogP contribution is 2.38. The van der Waals surface area contributed by atoms with Crippen molar-refractivity contribution in [2.75, 3.05) is 19.6 Å². The summed E-state index contributed by atoms with van der Waals surface area (Å²) in [6.45, 7) is 7.59. The maximum atomic E-state index is 12.7. The number of fused-ring (bicyclic) bond motifs is 1. The van der Waals surface area contributed by atoms with Crippen molar-refractivity contribution in [3.8, 4) is 0 Å². The molecule has 1 atom stereocenters. The molecule has 3 rings (SSSR count). The Morgan fingerprint density at radius 3 is 3.00 bits per heavy atom. The predicted octanol–water partition coefficient (Wildman–Crippen LogP) is 3.31. The molecule has 1 amide bonds. The van der Waals surface area contributed by atoms with Gasteiger partial charge in [0.1, 0.15) is 0 Å². The fraction of sp³-hybridized carbons (Fsp3) is 0.316. The average Bonchev–Trinajstić information content (AvgIpc) is 3.03. The van der Waals surface area contributed by atoms with E-state index in [2.05, 4.69) is 48.5 Å². The van der Waals surface area contributed by atoms with Crippen molar-refractivity contribution in [1.82, 2.24) is 10.2 Å². The number of hydrogen-bond donors (Lipinski definition) is 1. The van der Waals surface area contributed by atoms with Crippen molar-refractivity contribution in [2.45, 2.75) is 19.4 Å². The highest BCUT2D eigenvalue weighted by atomic mass is 32.1. The molecule has 23 heavy (non-hydrogen) atoms. The molecule has 2 aromatic rings. The molecule has 1 aliphatic rings. The first-order chi connectivity index (χ1) is 11.2. The largest absolute Gasteiger partial charge is 0.330 e. The zero-order valence-electron chi connectivity index (χ0n) is 13.4. The van der Waals surface area contributed by atoms with E-state index >= 15 is 0 Å². The zero-order valence-corrected chi connectivity index (χ0v) is 14.2. The third-order valence-electron chi connectivity index (χ3n) is 4.33. The third kappa shape index (κ3) is 3.23. The number of thiophene rings is 1. The topological polar surface area (TPSA) is 32.3 Å². The van der Waals surface area contributed by atoms with Gasteiger partial charge in [-0.15, -0.1) is 17.9 Å². The van der Waals surface area contributed by atoms with Crippen LogP contribution in [0.5, 0.6) is 0 Å². The molecule has 2 heterocycles. The molecule has 1 aromatic heterocycles. The Balaban J connectivity index is 1.94.